The van der Waals surface area contributed by atoms with Crippen LogP contribution < -0.4 is 15.4 Å². The maximum absolute atomic E-state index is 12.1. The molecule has 1 aromatic carbocycles. The van der Waals surface area contributed by atoms with Crippen LogP contribution in [-0.2, 0) is 9.59 Å². The third kappa shape index (κ3) is 4.48. The van der Waals surface area contributed by atoms with Gasteiger partial charge < -0.3 is 15.4 Å². The minimum atomic E-state index is -0.205. The van der Waals surface area contributed by atoms with Crippen LogP contribution in [-0.4, -0.2) is 24.5 Å². The number of hydrogen-bond acceptors (Lipinski definition) is 3. The zero-order valence-corrected chi connectivity index (χ0v) is 13.4. The fourth-order valence-electron chi connectivity index (χ4n) is 2.28. The number of carbonyl (C=O) groups excluding carboxylic acids is 2. The van der Waals surface area contributed by atoms with Gasteiger partial charge in [0, 0.05) is 12.2 Å². The second kappa shape index (κ2) is 7.29. The molecule has 1 fully saturated rings. The van der Waals surface area contributed by atoms with Crippen molar-refractivity contribution in [1.29, 1.82) is 0 Å². The molecule has 0 spiro atoms. The Morgan fingerprint density at radius 1 is 1.18 bits per heavy atom. The molecule has 1 saturated carbocycles. The smallest absolute Gasteiger partial charge is 0.228 e. The van der Waals surface area contributed by atoms with Crippen molar-refractivity contribution in [2.24, 2.45) is 11.8 Å². The Balaban J connectivity index is 1.82. The van der Waals surface area contributed by atoms with Crippen molar-refractivity contribution in [3.63, 3.8) is 0 Å². The first-order valence-electron chi connectivity index (χ1n) is 7.86. The minimum absolute atomic E-state index is 0.0114. The highest BCUT2D eigenvalue weighted by Crippen LogP contribution is 2.39. The van der Waals surface area contributed by atoms with E-state index in [0.717, 1.165) is 17.9 Å². The first-order valence-corrected chi connectivity index (χ1v) is 7.86. The quantitative estimate of drug-likeness (QED) is 0.813. The number of carbonyl (C=O) groups is 2. The Labute approximate surface area is 131 Å². The Morgan fingerprint density at radius 2 is 1.82 bits per heavy atom. The lowest BCUT2D eigenvalue weighted by Crippen LogP contribution is -2.27. The Bertz CT molecular complexity index is 525. The third-order valence-electron chi connectivity index (χ3n) is 3.51. The van der Waals surface area contributed by atoms with Gasteiger partial charge in [-0.1, -0.05) is 6.92 Å². The highest BCUT2D eigenvalue weighted by atomic mass is 16.5. The van der Waals surface area contributed by atoms with Gasteiger partial charge in [-0.3, -0.25) is 9.59 Å². The van der Waals surface area contributed by atoms with E-state index < -0.39 is 0 Å². The molecule has 2 N–H and O–H groups in total. The highest BCUT2D eigenvalue weighted by molar-refractivity contribution is 5.99. The van der Waals surface area contributed by atoms with Crippen molar-refractivity contribution in [2.75, 3.05) is 11.9 Å². The summed E-state index contributed by atoms with van der Waals surface area (Å²) >= 11 is 0. The molecular formula is C17H24N2O3. The number of rotatable bonds is 7. The van der Waals surface area contributed by atoms with Gasteiger partial charge in [0.25, 0.3) is 0 Å². The molecule has 1 aromatic rings. The normalized spacial score (nSPS) is 19.6. The van der Waals surface area contributed by atoms with Gasteiger partial charge in [0.1, 0.15) is 5.75 Å². The van der Waals surface area contributed by atoms with Crippen LogP contribution in [0.25, 0.3) is 0 Å². The van der Waals surface area contributed by atoms with Gasteiger partial charge in [-0.25, -0.2) is 0 Å². The van der Waals surface area contributed by atoms with E-state index in [1.165, 1.54) is 0 Å². The molecule has 120 valence electrons. The lowest BCUT2D eigenvalue weighted by Gasteiger charge is -2.10. The van der Waals surface area contributed by atoms with E-state index in [0.29, 0.717) is 13.0 Å². The summed E-state index contributed by atoms with van der Waals surface area (Å²) in [4.78, 5) is 23.9. The lowest BCUT2D eigenvalue weighted by atomic mass is 10.2. The molecule has 1 aliphatic rings. The van der Waals surface area contributed by atoms with Gasteiger partial charge in [0.15, 0.2) is 0 Å². The van der Waals surface area contributed by atoms with Gasteiger partial charge in [0.05, 0.1) is 17.9 Å². The summed E-state index contributed by atoms with van der Waals surface area (Å²) in [5, 5.41) is 5.68. The topological polar surface area (TPSA) is 67.4 Å². The van der Waals surface area contributed by atoms with E-state index in [1.807, 2.05) is 45.0 Å². The second-order valence-corrected chi connectivity index (χ2v) is 5.92. The second-order valence-electron chi connectivity index (χ2n) is 5.92. The monoisotopic (exact) mass is 304 g/mol. The number of anilines is 1. The van der Waals surface area contributed by atoms with Crippen molar-refractivity contribution in [1.82, 2.24) is 5.32 Å². The molecule has 0 heterocycles. The molecule has 1 aliphatic carbocycles. The molecule has 2 rings (SSSR count). The number of nitrogens with one attached hydrogen (secondary N) is 2. The van der Waals surface area contributed by atoms with Gasteiger partial charge in [-0.2, -0.15) is 0 Å². The van der Waals surface area contributed by atoms with Gasteiger partial charge >= 0.3 is 0 Å². The molecule has 0 radical (unpaired) electrons. The highest BCUT2D eigenvalue weighted by Gasteiger charge is 2.47. The number of benzene rings is 1. The van der Waals surface area contributed by atoms with Crippen LogP contribution in [0, 0.1) is 11.8 Å². The van der Waals surface area contributed by atoms with E-state index in [9.17, 15) is 9.59 Å². The molecule has 2 atom stereocenters. The van der Waals surface area contributed by atoms with Crippen LogP contribution in [0.15, 0.2) is 24.3 Å². The molecule has 22 heavy (non-hydrogen) atoms. The van der Waals surface area contributed by atoms with Gasteiger partial charge in [-0.15, -0.1) is 0 Å². The Hall–Kier alpha value is -2.04. The average molecular weight is 304 g/mol. The summed E-state index contributed by atoms with van der Waals surface area (Å²) in [5.41, 5.74) is 0.723. The van der Waals surface area contributed by atoms with E-state index in [2.05, 4.69) is 10.6 Å². The third-order valence-corrected chi connectivity index (χ3v) is 3.51. The summed E-state index contributed by atoms with van der Waals surface area (Å²) in [5.74, 6) is 0.298. The predicted octanol–water partition coefficient (Wildman–Crippen LogP) is 2.57. The molecule has 0 aliphatic heterocycles. The summed E-state index contributed by atoms with van der Waals surface area (Å²) < 4.78 is 5.55. The number of hydrogen-bond donors (Lipinski definition) is 2. The molecule has 0 saturated heterocycles. The van der Waals surface area contributed by atoms with Crippen molar-refractivity contribution in [3.05, 3.63) is 24.3 Å². The van der Waals surface area contributed by atoms with Crippen LogP contribution in [0.1, 0.15) is 33.6 Å². The fraction of sp³-hybridized carbons (Fsp3) is 0.529. The van der Waals surface area contributed by atoms with E-state index in [-0.39, 0.29) is 29.8 Å². The maximum Gasteiger partial charge on any atom is 0.228 e. The maximum atomic E-state index is 12.1. The SMILES string of the molecule is CCCNC(=O)C1CC1C(=O)Nc1ccc(OC(C)C)cc1. The molecule has 2 unspecified atom stereocenters. The van der Waals surface area contributed by atoms with Crippen molar-refractivity contribution < 1.29 is 14.3 Å². The predicted molar refractivity (Wildman–Crippen MR) is 85.7 cm³/mol. The zero-order chi connectivity index (χ0) is 16.1. The Kier molecular flexibility index (Phi) is 5.41. The minimum Gasteiger partial charge on any atom is -0.491 e. The molecule has 5 heteroatoms. The molecule has 0 bridgehead atoms. The molecule has 0 aromatic heterocycles. The largest absolute Gasteiger partial charge is 0.491 e. The van der Waals surface area contributed by atoms with E-state index >= 15 is 0 Å². The number of ether oxygens (including phenoxy) is 1. The van der Waals surface area contributed by atoms with Crippen LogP contribution in [0.4, 0.5) is 5.69 Å². The van der Waals surface area contributed by atoms with Crippen molar-refractivity contribution in [2.45, 2.75) is 39.7 Å². The van der Waals surface area contributed by atoms with Crippen molar-refractivity contribution in [3.8, 4) is 5.75 Å². The van der Waals surface area contributed by atoms with Gasteiger partial charge in [-0.05, 0) is 51.0 Å². The first-order chi connectivity index (χ1) is 10.5. The van der Waals surface area contributed by atoms with E-state index in [1.54, 1.807) is 0 Å². The van der Waals surface area contributed by atoms with Crippen LogP contribution in [0.3, 0.4) is 0 Å². The molecular weight excluding hydrogens is 280 g/mol. The van der Waals surface area contributed by atoms with Crippen LogP contribution in [0.5, 0.6) is 5.75 Å². The average Bonchev–Trinajstić information content (AvgIpc) is 3.27. The Morgan fingerprint density at radius 3 is 2.41 bits per heavy atom. The van der Waals surface area contributed by atoms with Gasteiger partial charge in [0.2, 0.25) is 11.8 Å². The summed E-state index contributed by atoms with van der Waals surface area (Å²) in [6, 6.07) is 7.27. The standard InChI is InChI=1S/C17H24N2O3/c1-4-9-18-16(20)14-10-15(14)17(21)19-12-5-7-13(8-6-12)22-11(2)3/h5-8,11,14-15H,4,9-10H2,1-3H3,(H,18,20)(H,19,21). The fourth-order valence-corrected chi connectivity index (χ4v) is 2.28. The first kappa shape index (κ1) is 16.3. The lowest BCUT2D eigenvalue weighted by molar-refractivity contribution is -0.125. The number of amides is 2. The summed E-state index contributed by atoms with van der Waals surface area (Å²) in [7, 11) is 0. The van der Waals surface area contributed by atoms with Crippen LogP contribution >= 0.6 is 0 Å². The summed E-state index contributed by atoms with van der Waals surface area (Å²) in [6.07, 6.45) is 1.66. The van der Waals surface area contributed by atoms with Crippen molar-refractivity contribution >= 4 is 17.5 Å². The van der Waals surface area contributed by atoms with E-state index in [4.69, 9.17) is 4.74 Å². The molecule has 2 amide bonds. The molecule has 5 nitrogen and oxygen atoms in total. The summed E-state index contributed by atoms with van der Waals surface area (Å²) in [6.45, 7) is 6.60. The van der Waals surface area contributed by atoms with Crippen LogP contribution in [0.2, 0.25) is 0 Å². The zero-order valence-electron chi connectivity index (χ0n) is 13.4.